The molecule has 1 heterocycles. The van der Waals surface area contributed by atoms with Crippen LogP contribution in [0, 0.1) is 5.92 Å². The summed E-state index contributed by atoms with van der Waals surface area (Å²) in [6, 6.07) is 10.3. The number of nitrogens with zero attached hydrogens (tertiary/aromatic N) is 1. The molecule has 1 fully saturated rings. The summed E-state index contributed by atoms with van der Waals surface area (Å²) >= 11 is 18.2. The molecule has 0 radical (unpaired) electrons. The van der Waals surface area contributed by atoms with Crippen molar-refractivity contribution in [3.05, 3.63) is 62.6 Å². The van der Waals surface area contributed by atoms with Gasteiger partial charge in [-0.2, -0.15) is 0 Å². The van der Waals surface area contributed by atoms with E-state index < -0.39 is 5.97 Å². The lowest BCUT2D eigenvalue weighted by Crippen LogP contribution is -2.37. The third kappa shape index (κ3) is 5.64. The van der Waals surface area contributed by atoms with Gasteiger partial charge in [0.1, 0.15) is 0 Å². The van der Waals surface area contributed by atoms with Gasteiger partial charge in [0.05, 0.1) is 33.4 Å². The Labute approximate surface area is 184 Å². The van der Waals surface area contributed by atoms with Gasteiger partial charge in [-0.15, -0.1) is 0 Å². The lowest BCUT2D eigenvalue weighted by Gasteiger charge is -2.31. The zero-order chi connectivity index (χ0) is 21.0. The Kier molecular flexibility index (Phi) is 7.41. The Bertz CT molecular complexity index is 912. The lowest BCUT2D eigenvalue weighted by molar-refractivity contribution is -0.121. The molecule has 0 unspecified atom stereocenters. The second-order valence-corrected chi connectivity index (χ2v) is 8.20. The van der Waals surface area contributed by atoms with E-state index in [1.54, 1.807) is 18.2 Å². The summed E-state index contributed by atoms with van der Waals surface area (Å²) in [6.45, 7) is 2.36. The van der Waals surface area contributed by atoms with E-state index >= 15 is 0 Å². The first-order valence-corrected chi connectivity index (χ1v) is 10.4. The number of halogens is 3. The van der Waals surface area contributed by atoms with Crippen molar-refractivity contribution in [1.82, 2.24) is 4.90 Å². The molecule has 1 amide bonds. The van der Waals surface area contributed by atoms with Crippen molar-refractivity contribution >= 4 is 52.4 Å². The molecule has 0 aromatic heterocycles. The predicted octanol–water partition coefficient (Wildman–Crippen LogP) is 5.28. The molecule has 3 rings (SSSR count). The second kappa shape index (κ2) is 9.81. The Morgan fingerprint density at radius 1 is 1.03 bits per heavy atom. The van der Waals surface area contributed by atoms with Crippen LogP contribution in [0.3, 0.4) is 0 Å². The Morgan fingerprint density at radius 3 is 2.38 bits per heavy atom. The third-order valence-corrected chi connectivity index (χ3v) is 6.06. The van der Waals surface area contributed by atoms with Gasteiger partial charge < -0.3 is 10.1 Å². The summed E-state index contributed by atoms with van der Waals surface area (Å²) in [5.74, 6) is -0.686. The molecule has 1 N–H and O–H groups in total. The second-order valence-electron chi connectivity index (χ2n) is 6.97. The van der Waals surface area contributed by atoms with Gasteiger partial charge >= 0.3 is 5.97 Å². The molecule has 0 bridgehead atoms. The molecule has 154 valence electrons. The largest absolute Gasteiger partial charge is 0.465 e. The van der Waals surface area contributed by atoms with Crippen molar-refractivity contribution < 1.29 is 14.3 Å². The lowest BCUT2D eigenvalue weighted by atomic mass is 9.95. The van der Waals surface area contributed by atoms with Crippen molar-refractivity contribution in [2.24, 2.45) is 5.92 Å². The number of amides is 1. The molecule has 29 heavy (non-hydrogen) atoms. The molecular weight excluding hydrogens is 435 g/mol. The number of methoxy groups -OCH3 is 1. The first kappa shape index (κ1) is 21.9. The smallest absolute Gasteiger partial charge is 0.337 e. The normalized spacial score (nSPS) is 15.2. The third-order valence-electron chi connectivity index (χ3n) is 4.99. The van der Waals surface area contributed by atoms with Crippen LogP contribution in [0.25, 0.3) is 0 Å². The number of esters is 1. The van der Waals surface area contributed by atoms with Gasteiger partial charge in [0, 0.05) is 12.5 Å². The van der Waals surface area contributed by atoms with Crippen molar-refractivity contribution in [1.29, 1.82) is 0 Å². The van der Waals surface area contributed by atoms with Crippen LogP contribution in [0.5, 0.6) is 0 Å². The molecule has 0 aliphatic carbocycles. The fourth-order valence-electron chi connectivity index (χ4n) is 3.35. The minimum absolute atomic E-state index is 0.0943. The van der Waals surface area contributed by atoms with E-state index in [9.17, 15) is 9.59 Å². The molecule has 2 aromatic rings. The number of carbonyl (C=O) groups is 2. The highest BCUT2D eigenvalue weighted by Gasteiger charge is 2.25. The maximum absolute atomic E-state index is 12.7. The highest BCUT2D eigenvalue weighted by Crippen LogP contribution is 2.27. The molecule has 0 saturated carbocycles. The van der Waals surface area contributed by atoms with Gasteiger partial charge in [-0.05, 0) is 61.8 Å². The highest BCUT2D eigenvalue weighted by atomic mass is 35.5. The van der Waals surface area contributed by atoms with E-state index in [1.807, 2.05) is 12.1 Å². The van der Waals surface area contributed by atoms with E-state index in [2.05, 4.69) is 10.2 Å². The van der Waals surface area contributed by atoms with E-state index in [4.69, 9.17) is 39.5 Å². The summed E-state index contributed by atoms with van der Waals surface area (Å²) < 4.78 is 4.71. The molecule has 1 aliphatic rings. The van der Waals surface area contributed by atoms with Crippen LogP contribution in [0.4, 0.5) is 5.69 Å². The van der Waals surface area contributed by atoms with Crippen LogP contribution < -0.4 is 5.32 Å². The van der Waals surface area contributed by atoms with Crippen LogP contribution in [0.1, 0.15) is 28.8 Å². The first-order chi connectivity index (χ1) is 13.9. The van der Waals surface area contributed by atoms with Crippen LogP contribution in [0.15, 0.2) is 36.4 Å². The number of carbonyl (C=O) groups excluding carboxylic acids is 2. The fourth-order valence-corrected chi connectivity index (χ4v) is 3.84. The molecule has 2 aromatic carbocycles. The molecular formula is C21H21Cl3N2O3. The number of rotatable bonds is 5. The summed E-state index contributed by atoms with van der Waals surface area (Å²) in [6.07, 6.45) is 1.48. The van der Waals surface area contributed by atoms with Crippen molar-refractivity contribution in [3.63, 3.8) is 0 Å². The van der Waals surface area contributed by atoms with Gasteiger partial charge in [0.25, 0.3) is 0 Å². The minimum Gasteiger partial charge on any atom is -0.465 e. The maximum Gasteiger partial charge on any atom is 0.337 e. The number of ether oxygens (including phenoxy) is 1. The molecule has 1 aliphatic heterocycles. The van der Waals surface area contributed by atoms with E-state index in [1.165, 1.54) is 13.2 Å². The summed E-state index contributed by atoms with van der Waals surface area (Å²) in [5, 5.41) is 4.31. The number of hydrogen-bond acceptors (Lipinski definition) is 4. The number of nitrogens with one attached hydrogen (secondary N) is 1. The molecule has 8 heteroatoms. The average molecular weight is 456 g/mol. The van der Waals surface area contributed by atoms with Crippen LogP contribution in [-0.4, -0.2) is 37.0 Å². The van der Waals surface area contributed by atoms with Crippen LogP contribution >= 0.6 is 34.8 Å². The van der Waals surface area contributed by atoms with Crippen molar-refractivity contribution in [2.75, 3.05) is 25.5 Å². The zero-order valence-corrected chi connectivity index (χ0v) is 18.2. The number of benzene rings is 2. The van der Waals surface area contributed by atoms with Crippen molar-refractivity contribution in [2.45, 2.75) is 19.4 Å². The Balaban J connectivity index is 1.56. The van der Waals surface area contributed by atoms with Gasteiger partial charge in [0.15, 0.2) is 0 Å². The minimum atomic E-state index is -0.479. The van der Waals surface area contributed by atoms with E-state index in [-0.39, 0.29) is 11.8 Å². The zero-order valence-electron chi connectivity index (χ0n) is 15.9. The fraction of sp³-hybridized carbons (Fsp3) is 0.333. The number of likely N-dealkylation sites (tertiary alicyclic amines) is 1. The van der Waals surface area contributed by atoms with E-state index in [0.717, 1.165) is 38.0 Å². The Morgan fingerprint density at radius 2 is 1.72 bits per heavy atom. The molecule has 5 nitrogen and oxygen atoms in total. The summed E-state index contributed by atoms with van der Waals surface area (Å²) in [7, 11) is 1.31. The topological polar surface area (TPSA) is 58.6 Å². The number of hydrogen-bond donors (Lipinski definition) is 1. The average Bonchev–Trinajstić information content (AvgIpc) is 2.72. The van der Waals surface area contributed by atoms with Crippen LogP contribution in [0.2, 0.25) is 15.1 Å². The maximum atomic E-state index is 12.7. The van der Waals surface area contributed by atoms with Crippen LogP contribution in [-0.2, 0) is 16.1 Å². The first-order valence-electron chi connectivity index (χ1n) is 9.22. The van der Waals surface area contributed by atoms with Gasteiger partial charge in [0.2, 0.25) is 5.91 Å². The quantitative estimate of drug-likeness (QED) is 0.623. The number of anilines is 1. The van der Waals surface area contributed by atoms with Gasteiger partial charge in [-0.1, -0.05) is 40.9 Å². The molecule has 1 saturated heterocycles. The summed E-state index contributed by atoms with van der Waals surface area (Å²) in [5.41, 5.74) is 1.84. The SMILES string of the molecule is COC(=O)c1ccc(Cl)c(NC(=O)C2CCN(Cc3ccc(Cl)c(Cl)c3)CC2)c1. The number of piperidine rings is 1. The van der Waals surface area contributed by atoms with Gasteiger partial charge in [-0.3, -0.25) is 9.69 Å². The molecule has 0 atom stereocenters. The van der Waals surface area contributed by atoms with E-state index in [0.29, 0.717) is 26.3 Å². The van der Waals surface area contributed by atoms with Gasteiger partial charge in [-0.25, -0.2) is 4.79 Å². The highest BCUT2D eigenvalue weighted by molar-refractivity contribution is 6.42. The Hall–Kier alpha value is -1.79. The predicted molar refractivity (Wildman–Crippen MR) is 116 cm³/mol. The summed E-state index contributed by atoms with van der Waals surface area (Å²) in [4.78, 5) is 26.7. The molecule has 0 spiro atoms. The monoisotopic (exact) mass is 454 g/mol. The van der Waals surface area contributed by atoms with Crippen molar-refractivity contribution in [3.8, 4) is 0 Å². The standard InChI is InChI=1S/C21H21Cl3N2O3/c1-29-21(28)15-3-5-17(23)19(11-15)25-20(27)14-6-8-26(9-7-14)12-13-2-4-16(22)18(24)10-13/h2-5,10-11,14H,6-9,12H2,1H3,(H,25,27).